The maximum absolute atomic E-state index is 12.9. The lowest BCUT2D eigenvalue weighted by Gasteiger charge is -2.12. The van der Waals surface area contributed by atoms with E-state index in [-0.39, 0.29) is 22.3 Å². The zero-order valence-corrected chi connectivity index (χ0v) is 11.3. The van der Waals surface area contributed by atoms with Crippen LogP contribution in [0, 0.1) is 5.82 Å². The number of rotatable bonds is 3. The lowest BCUT2D eigenvalue weighted by molar-refractivity contribution is -0.144. The molecular weight excluding hydrogens is 312 g/mol. The van der Waals surface area contributed by atoms with E-state index in [4.69, 9.17) is 11.6 Å². The Labute approximate surface area is 122 Å². The van der Waals surface area contributed by atoms with Crippen molar-refractivity contribution >= 4 is 28.9 Å². The van der Waals surface area contributed by atoms with Gasteiger partial charge in [-0.1, -0.05) is 11.6 Å². The molecule has 1 aromatic heterocycles. The molecule has 0 radical (unpaired) electrons. The highest BCUT2D eigenvalue weighted by Gasteiger charge is 2.35. The highest BCUT2D eigenvalue weighted by Crippen LogP contribution is 2.30. The second-order valence-corrected chi connectivity index (χ2v) is 4.37. The molecule has 2 aromatic rings. The maximum atomic E-state index is 12.9. The Morgan fingerprint density at radius 3 is 2.33 bits per heavy atom. The first kappa shape index (κ1) is 15.3. The molecule has 0 atom stereocenters. The molecule has 1 aromatic carbocycles. The molecule has 9 heteroatoms. The Hall–Kier alpha value is -2.09. The van der Waals surface area contributed by atoms with Crippen molar-refractivity contribution in [3.05, 3.63) is 40.9 Å². The summed E-state index contributed by atoms with van der Waals surface area (Å²) in [4.78, 5) is 6.69. The number of anilines is 3. The van der Waals surface area contributed by atoms with Crippen LogP contribution in [-0.4, -0.2) is 17.0 Å². The van der Waals surface area contributed by atoms with Crippen LogP contribution in [0.4, 0.5) is 34.9 Å². The minimum atomic E-state index is -4.68. The monoisotopic (exact) mass is 320 g/mol. The first-order chi connectivity index (χ1) is 9.79. The van der Waals surface area contributed by atoms with Crippen LogP contribution >= 0.6 is 11.6 Å². The lowest BCUT2D eigenvalue weighted by atomic mass is 10.3. The molecule has 0 bridgehead atoms. The van der Waals surface area contributed by atoms with Crippen molar-refractivity contribution in [2.75, 3.05) is 17.7 Å². The van der Waals surface area contributed by atoms with Gasteiger partial charge in [-0.2, -0.15) is 13.2 Å². The topological polar surface area (TPSA) is 49.8 Å². The molecule has 0 fully saturated rings. The van der Waals surface area contributed by atoms with Crippen LogP contribution in [-0.2, 0) is 6.18 Å². The fraction of sp³-hybridized carbons (Fsp3) is 0.167. The van der Waals surface area contributed by atoms with Gasteiger partial charge < -0.3 is 10.6 Å². The highest BCUT2D eigenvalue weighted by molar-refractivity contribution is 6.33. The van der Waals surface area contributed by atoms with Crippen molar-refractivity contribution in [1.82, 2.24) is 9.97 Å². The Morgan fingerprint density at radius 1 is 1.10 bits per heavy atom. The molecule has 112 valence electrons. The average molecular weight is 321 g/mol. The van der Waals surface area contributed by atoms with Crippen LogP contribution < -0.4 is 10.6 Å². The molecule has 0 unspecified atom stereocenters. The van der Waals surface area contributed by atoms with E-state index in [2.05, 4.69) is 20.6 Å². The van der Waals surface area contributed by atoms with E-state index in [1.807, 2.05) is 0 Å². The predicted octanol–water partition coefficient (Wildman–Crippen LogP) is 4.07. The lowest BCUT2D eigenvalue weighted by Crippen LogP contribution is -2.13. The second kappa shape index (κ2) is 5.72. The van der Waals surface area contributed by atoms with Gasteiger partial charge in [0.1, 0.15) is 17.5 Å². The van der Waals surface area contributed by atoms with Gasteiger partial charge in [-0.15, -0.1) is 0 Å². The van der Waals surface area contributed by atoms with Crippen LogP contribution in [0.25, 0.3) is 0 Å². The molecule has 4 nitrogen and oxygen atoms in total. The van der Waals surface area contributed by atoms with Gasteiger partial charge in [-0.05, 0) is 18.2 Å². The van der Waals surface area contributed by atoms with E-state index in [1.165, 1.54) is 19.2 Å². The summed E-state index contributed by atoms with van der Waals surface area (Å²) < 4.78 is 51.0. The zero-order chi connectivity index (χ0) is 15.6. The molecule has 1 heterocycles. The van der Waals surface area contributed by atoms with Crippen molar-refractivity contribution in [2.24, 2.45) is 0 Å². The van der Waals surface area contributed by atoms with E-state index < -0.39 is 17.8 Å². The number of halogens is 5. The molecule has 2 rings (SSSR count). The summed E-state index contributed by atoms with van der Waals surface area (Å²) in [7, 11) is 1.43. The number of nitrogens with one attached hydrogen (secondary N) is 2. The van der Waals surface area contributed by atoms with Crippen LogP contribution in [0.3, 0.4) is 0 Å². The van der Waals surface area contributed by atoms with Crippen molar-refractivity contribution in [3.8, 4) is 0 Å². The minimum absolute atomic E-state index is 0.0157. The third-order valence-corrected chi connectivity index (χ3v) is 2.74. The summed E-state index contributed by atoms with van der Waals surface area (Å²) in [5.74, 6) is -1.98. The van der Waals surface area contributed by atoms with Gasteiger partial charge >= 0.3 is 6.18 Å². The quantitative estimate of drug-likeness (QED) is 0.837. The van der Waals surface area contributed by atoms with Gasteiger partial charge in [0.25, 0.3) is 0 Å². The third kappa shape index (κ3) is 3.72. The minimum Gasteiger partial charge on any atom is -0.373 e. The maximum Gasteiger partial charge on any atom is 0.451 e. The molecule has 0 saturated carbocycles. The SMILES string of the molecule is CNc1cc(Nc2ccc(F)cc2Cl)nc(C(F)(F)F)n1. The molecule has 0 aliphatic rings. The summed E-state index contributed by atoms with van der Waals surface area (Å²) in [6, 6.07) is 4.73. The average Bonchev–Trinajstić information content (AvgIpc) is 2.40. The van der Waals surface area contributed by atoms with Crippen LogP contribution in [0.1, 0.15) is 5.82 Å². The molecule has 21 heavy (non-hydrogen) atoms. The summed E-state index contributed by atoms with van der Waals surface area (Å²) in [6.45, 7) is 0. The summed E-state index contributed by atoms with van der Waals surface area (Å²) in [5.41, 5.74) is 0.229. The van der Waals surface area contributed by atoms with E-state index >= 15 is 0 Å². The smallest absolute Gasteiger partial charge is 0.373 e. The summed E-state index contributed by atoms with van der Waals surface area (Å²) >= 11 is 5.80. The van der Waals surface area contributed by atoms with Gasteiger partial charge in [0.15, 0.2) is 0 Å². The molecule has 0 spiro atoms. The summed E-state index contributed by atoms with van der Waals surface area (Å²) in [6.07, 6.45) is -4.68. The second-order valence-electron chi connectivity index (χ2n) is 3.96. The Morgan fingerprint density at radius 2 is 1.76 bits per heavy atom. The van der Waals surface area contributed by atoms with E-state index in [9.17, 15) is 17.6 Å². The number of hydrogen-bond acceptors (Lipinski definition) is 4. The molecular formula is C12H9ClF4N4. The fourth-order valence-electron chi connectivity index (χ4n) is 1.49. The van der Waals surface area contributed by atoms with Gasteiger partial charge in [-0.25, -0.2) is 14.4 Å². The van der Waals surface area contributed by atoms with Crippen molar-refractivity contribution in [1.29, 1.82) is 0 Å². The molecule has 0 aliphatic carbocycles. The third-order valence-electron chi connectivity index (χ3n) is 2.43. The van der Waals surface area contributed by atoms with Gasteiger partial charge in [-0.3, -0.25) is 0 Å². The number of benzene rings is 1. The standard InChI is InChI=1S/C12H9ClF4N4/c1-18-9-5-10(21-11(20-9)12(15,16)17)19-8-3-2-6(14)4-7(8)13/h2-5H,1H3,(H2,18,19,20,21). The largest absolute Gasteiger partial charge is 0.451 e. The van der Waals surface area contributed by atoms with E-state index in [0.29, 0.717) is 0 Å². The number of aromatic nitrogens is 2. The number of alkyl halides is 3. The van der Waals surface area contributed by atoms with Gasteiger partial charge in [0.05, 0.1) is 10.7 Å². The first-order valence-corrected chi connectivity index (χ1v) is 6.03. The van der Waals surface area contributed by atoms with E-state index in [0.717, 1.165) is 12.1 Å². The Bertz CT molecular complexity index is 660. The molecule has 0 saturated heterocycles. The first-order valence-electron chi connectivity index (χ1n) is 5.65. The molecule has 2 N–H and O–H groups in total. The molecule has 0 amide bonds. The summed E-state index contributed by atoms with van der Waals surface area (Å²) in [5, 5.41) is 5.12. The molecule has 0 aliphatic heterocycles. The van der Waals surface area contributed by atoms with Gasteiger partial charge in [0.2, 0.25) is 5.82 Å². The number of hydrogen-bond donors (Lipinski definition) is 2. The highest BCUT2D eigenvalue weighted by atomic mass is 35.5. The normalized spacial score (nSPS) is 11.3. The van der Waals surface area contributed by atoms with Crippen molar-refractivity contribution in [2.45, 2.75) is 6.18 Å². The van der Waals surface area contributed by atoms with Crippen molar-refractivity contribution in [3.63, 3.8) is 0 Å². The van der Waals surface area contributed by atoms with E-state index in [1.54, 1.807) is 0 Å². The fourth-order valence-corrected chi connectivity index (χ4v) is 1.71. The van der Waals surface area contributed by atoms with Crippen LogP contribution in [0.5, 0.6) is 0 Å². The Balaban J connectivity index is 2.39. The Kier molecular flexibility index (Phi) is 4.17. The predicted molar refractivity (Wildman–Crippen MR) is 71.3 cm³/mol. The zero-order valence-electron chi connectivity index (χ0n) is 10.6. The van der Waals surface area contributed by atoms with Crippen LogP contribution in [0.2, 0.25) is 5.02 Å². The van der Waals surface area contributed by atoms with Gasteiger partial charge in [0, 0.05) is 13.1 Å². The number of nitrogens with zero attached hydrogens (tertiary/aromatic N) is 2. The van der Waals surface area contributed by atoms with Crippen LogP contribution in [0.15, 0.2) is 24.3 Å². The van der Waals surface area contributed by atoms with Crippen molar-refractivity contribution < 1.29 is 17.6 Å².